The number of aromatic nitrogens is 2. The van der Waals surface area contributed by atoms with Gasteiger partial charge < -0.3 is 5.11 Å². The van der Waals surface area contributed by atoms with Gasteiger partial charge >= 0.3 is 0 Å². The van der Waals surface area contributed by atoms with Crippen LogP contribution in [0.2, 0.25) is 5.11 Å². The van der Waals surface area contributed by atoms with Crippen molar-refractivity contribution < 1.29 is 5.11 Å². The molecule has 1 heterocycles. The van der Waals surface area contributed by atoms with E-state index in [-0.39, 0.29) is 0 Å². The quantitative estimate of drug-likeness (QED) is 0.118. The standard InChI is InChI=1S/C34H36B10N2O/c1-2-22(35)27(37)25-21(26(36)29(39)30(40)28(25)38)15-20-16-9-3-5-11-18(16)31(19-12-6-4-10-17(19)20)46-24-14-8-7-13-23(24)45-32(46)33(41,47)34(42,43)44/h1,3-14,47H,15,35-44H2/b27-22-. The lowest BCUT2D eigenvalue weighted by Crippen LogP contribution is -2.50. The molecule has 1 atom stereocenters. The molecule has 0 fully saturated rings. The SMILES string of the molecule is B/C(C#C)=C(\B)c1c(B)c(B)c(B)c(B)c1Cc1c2ccccc2c(-n2c(C(B)(O)C(B)(B)B)nc3ccccc32)c2ccccc12. The molecule has 5 aromatic carbocycles. The topological polar surface area (TPSA) is 38.0 Å². The molecule has 1 unspecified atom stereocenters. The summed E-state index contributed by atoms with van der Waals surface area (Å²) in [5, 5.41) is 16.4. The van der Waals surface area contributed by atoms with Crippen LogP contribution in [0.5, 0.6) is 0 Å². The lowest BCUT2D eigenvalue weighted by Gasteiger charge is -2.38. The normalized spacial score (nSPS) is 13.8. The number of hydrogen-bond acceptors (Lipinski definition) is 2. The number of terminal acetylenes is 1. The Bertz CT molecular complexity index is 2270. The molecule has 0 spiro atoms. The maximum Gasteiger partial charge on any atom is 0.150 e. The number of hydrogen-bond donors (Lipinski definition) is 1. The molecule has 6 aromatic rings. The van der Waals surface area contributed by atoms with E-state index in [0.29, 0.717) is 5.82 Å². The number of aliphatic hydroxyl groups is 1. The van der Waals surface area contributed by atoms with Crippen molar-refractivity contribution in [1.29, 1.82) is 0 Å². The van der Waals surface area contributed by atoms with Crippen LogP contribution in [0.1, 0.15) is 22.5 Å². The van der Waals surface area contributed by atoms with Crippen LogP contribution >= 0.6 is 0 Å². The lowest BCUT2D eigenvalue weighted by atomic mass is 9.32. The Balaban J connectivity index is 1.76. The Labute approximate surface area is 287 Å². The van der Waals surface area contributed by atoms with Crippen LogP contribution in [0.3, 0.4) is 0 Å². The Morgan fingerprint density at radius 3 is 1.79 bits per heavy atom. The van der Waals surface area contributed by atoms with E-state index in [4.69, 9.17) is 11.4 Å². The van der Waals surface area contributed by atoms with Gasteiger partial charge in [0.25, 0.3) is 0 Å². The van der Waals surface area contributed by atoms with E-state index in [1.807, 2.05) is 27.8 Å². The molecule has 0 radical (unpaired) electrons. The van der Waals surface area contributed by atoms with Crippen molar-refractivity contribution >= 4 is 138 Å². The van der Waals surface area contributed by atoms with Crippen LogP contribution in [-0.4, -0.2) is 93.1 Å². The summed E-state index contributed by atoms with van der Waals surface area (Å²) in [5.41, 5.74) is 12.9. The van der Waals surface area contributed by atoms with Gasteiger partial charge in [-0.3, -0.25) is 4.57 Å². The number of para-hydroxylation sites is 2. The van der Waals surface area contributed by atoms with Gasteiger partial charge in [-0.15, -0.1) is 17.3 Å². The van der Waals surface area contributed by atoms with Crippen LogP contribution < -0.4 is 21.9 Å². The van der Waals surface area contributed by atoms with Crippen LogP contribution in [0, 0.1) is 12.3 Å². The van der Waals surface area contributed by atoms with E-state index in [9.17, 15) is 5.11 Å². The van der Waals surface area contributed by atoms with Crippen molar-refractivity contribution in [3.63, 3.8) is 0 Å². The molecule has 1 N–H and O–H groups in total. The highest BCUT2D eigenvalue weighted by Crippen LogP contribution is 2.43. The minimum Gasteiger partial charge on any atom is -0.393 e. The zero-order valence-electron chi connectivity index (χ0n) is 29.6. The second kappa shape index (κ2) is 11.9. The third kappa shape index (κ3) is 5.17. The highest BCUT2D eigenvalue weighted by atomic mass is 16.3. The molecule has 0 saturated carbocycles. The smallest absolute Gasteiger partial charge is 0.150 e. The Morgan fingerprint density at radius 2 is 1.23 bits per heavy atom. The Hall–Kier alpha value is -4.00. The molecule has 47 heavy (non-hydrogen) atoms. The number of imidazole rings is 1. The van der Waals surface area contributed by atoms with Crippen LogP contribution in [0.4, 0.5) is 0 Å². The van der Waals surface area contributed by atoms with E-state index < -0.39 is 10.6 Å². The first-order valence-electron chi connectivity index (χ1n) is 16.6. The third-order valence-electron chi connectivity index (χ3n) is 11.0. The molecule has 0 amide bonds. The molecule has 3 nitrogen and oxygen atoms in total. The number of allylic oxidation sites excluding steroid dienone is 1. The molecule has 218 valence electrons. The number of rotatable bonds is 6. The summed E-state index contributed by atoms with van der Waals surface area (Å²) >= 11 is 0. The summed E-state index contributed by atoms with van der Waals surface area (Å²) in [6, 6.07) is 25.6. The third-order valence-corrected chi connectivity index (χ3v) is 11.0. The van der Waals surface area contributed by atoms with Crippen LogP contribution in [0.15, 0.2) is 78.3 Å². The minimum atomic E-state index is -1.21. The van der Waals surface area contributed by atoms with E-state index >= 15 is 0 Å². The minimum absolute atomic E-state index is 0.464. The largest absolute Gasteiger partial charge is 0.393 e. The van der Waals surface area contributed by atoms with Gasteiger partial charge in [0.2, 0.25) is 0 Å². The predicted molar refractivity (Wildman–Crippen MR) is 232 cm³/mol. The van der Waals surface area contributed by atoms with Crippen molar-refractivity contribution in [2.24, 2.45) is 0 Å². The van der Waals surface area contributed by atoms with Gasteiger partial charge in [0.1, 0.15) is 52.9 Å². The first-order chi connectivity index (χ1) is 22.2. The van der Waals surface area contributed by atoms with E-state index in [1.165, 1.54) is 49.3 Å². The van der Waals surface area contributed by atoms with Crippen LogP contribution in [0.25, 0.3) is 43.7 Å². The fraction of sp³-hybridized carbons (Fsp3) is 0.0882. The summed E-state index contributed by atoms with van der Waals surface area (Å²) in [6.45, 7) is 0. The van der Waals surface area contributed by atoms with Gasteiger partial charge in [0.05, 0.1) is 45.8 Å². The molecule has 0 aliphatic rings. The average Bonchev–Trinajstić information content (AvgIpc) is 3.45. The maximum absolute atomic E-state index is 12.2. The summed E-state index contributed by atoms with van der Waals surface area (Å²) in [5.74, 6) is 3.55. The summed E-state index contributed by atoms with van der Waals surface area (Å²) in [7, 11) is 21.3. The second-order valence-electron chi connectivity index (χ2n) is 14.4. The summed E-state index contributed by atoms with van der Waals surface area (Å²) < 4.78 is 2.22. The number of nitrogens with zero attached hydrogens (tertiary/aromatic N) is 2. The fourth-order valence-electron chi connectivity index (χ4n) is 7.13. The van der Waals surface area contributed by atoms with E-state index in [2.05, 4.69) is 134 Å². The second-order valence-corrected chi connectivity index (χ2v) is 14.4. The Kier molecular flexibility index (Phi) is 8.34. The van der Waals surface area contributed by atoms with Gasteiger partial charge in [-0.25, -0.2) is 4.98 Å². The summed E-state index contributed by atoms with van der Waals surface area (Å²) in [4.78, 5) is 5.12. The molecule has 0 bridgehead atoms. The van der Waals surface area contributed by atoms with Gasteiger partial charge in [0.15, 0.2) is 7.85 Å². The zero-order valence-corrected chi connectivity index (χ0v) is 29.6. The average molecular weight is 597 g/mol. The molecular weight excluding hydrogens is 561 g/mol. The summed E-state index contributed by atoms with van der Waals surface area (Å²) in [6.07, 6.45) is 6.72. The van der Waals surface area contributed by atoms with Crippen molar-refractivity contribution in [3.8, 4) is 18.0 Å². The van der Waals surface area contributed by atoms with Crippen molar-refractivity contribution in [2.45, 2.75) is 17.0 Å². The molecule has 13 heteroatoms. The number of benzene rings is 5. The first-order valence-corrected chi connectivity index (χ1v) is 16.6. The number of fused-ring (bicyclic) bond motifs is 3. The van der Waals surface area contributed by atoms with Gasteiger partial charge in [-0.2, -0.15) is 0 Å². The monoisotopic (exact) mass is 598 g/mol. The van der Waals surface area contributed by atoms with Crippen molar-refractivity contribution in [2.75, 3.05) is 0 Å². The first kappa shape index (κ1) is 32.9. The highest BCUT2D eigenvalue weighted by Gasteiger charge is 2.41. The molecular formula is C34H36B10N2O. The molecule has 6 rings (SSSR count). The van der Waals surface area contributed by atoms with Crippen molar-refractivity contribution in [3.05, 3.63) is 101 Å². The highest BCUT2D eigenvalue weighted by molar-refractivity contribution is 6.65. The van der Waals surface area contributed by atoms with E-state index in [0.717, 1.165) is 44.9 Å². The predicted octanol–water partition coefficient (Wildman–Crippen LogP) is -5.72. The molecule has 0 aliphatic carbocycles. The molecule has 0 saturated heterocycles. The van der Waals surface area contributed by atoms with Crippen molar-refractivity contribution in [1.82, 2.24) is 9.55 Å². The lowest BCUT2D eigenvalue weighted by molar-refractivity contribution is 0.118. The van der Waals surface area contributed by atoms with Gasteiger partial charge in [0, 0.05) is 10.8 Å². The van der Waals surface area contributed by atoms with E-state index in [1.54, 1.807) is 0 Å². The maximum atomic E-state index is 12.2. The molecule has 0 aliphatic heterocycles. The Morgan fingerprint density at radius 1 is 0.723 bits per heavy atom. The van der Waals surface area contributed by atoms with Gasteiger partial charge in [-0.1, -0.05) is 88.1 Å². The fourth-order valence-corrected chi connectivity index (χ4v) is 7.13. The zero-order chi connectivity index (χ0) is 34.0. The van der Waals surface area contributed by atoms with Crippen LogP contribution in [-0.2, 0) is 11.9 Å². The molecule has 1 aromatic heterocycles. The van der Waals surface area contributed by atoms with Gasteiger partial charge in [-0.05, 0) is 51.5 Å².